The smallest absolute Gasteiger partial charge is 0.274 e. The highest BCUT2D eigenvalue weighted by Crippen LogP contribution is 2.26. The van der Waals surface area contributed by atoms with Gasteiger partial charge in [0.25, 0.3) is 5.91 Å². The summed E-state index contributed by atoms with van der Waals surface area (Å²) in [6.45, 7) is 4.28. The molecule has 0 saturated carbocycles. The van der Waals surface area contributed by atoms with E-state index in [0.29, 0.717) is 23.0 Å². The number of furan rings is 1. The van der Waals surface area contributed by atoms with Gasteiger partial charge in [-0.05, 0) is 43.3 Å². The van der Waals surface area contributed by atoms with Gasteiger partial charge in [-0.15, -0.1) is 0 Å². The quantitative estimate of drug-likeness (QED) is 0.768. The van der Waals surface area contributed by atoms with Gasteiger partial charge in [-0.3, -0.25) is 4.79 Å². The lowest BCUT2D eigenvalue weighted by molar-refractivity contribution is 0.0649. The minimum absolute atomic E-state index is 0.0699. The first-order chi connectivity index (χ1) is 12.6. The number of hydrogen-bond acceptors (Lipinski definition) is 4. The highest BCUT2D eigenvalue weighted by Gasteiger charge is 2.27. The summed E-state index contributed by atoms with van der Waals surface area (Å²) in [5, 5.41) is 8.52. The Morgan fingerprint density at radius 3 is 2.81 bits per heavy atom. The summed E-state index contributed by atoms with van der Waals surface area (Å²) in [5.41, 5.74) is 1.94. The Kier molecular flexibility index (Phi) is 4.53. The van der Waals surface area contributed by atoms with Gasteiger partial charge in [0.1, 0.15) is 5.69 Å². The molecule has 0 bridgehead atoms. The van der Waals surface area contributed by atoms with Crippen LogP contribution in [0.1, 0.15) is 17.4 Å². The first-order valence-corrected chi connectivity index (χ1v) is 8.93. The lowest BCUT2D eigenvalue weighted by Gasteiger charge is -2.33. The van der Waals surface area contributed by atoms with Gasteiger partial charge in [0, 0.05) is 36.8 Å². The van der Waals surface area contributed by atoms with Crippen LogP contribution in [0.3, 0.4) is 0 Å². The van der Waals surface area contributed by atoms with Crippen LogP contribution in [-0.2, 0) is 0 Å². The van der Waals surface area contributed by atoms with Gasteiger partial charge in [0.2, 0.25) is 0 Å². The van der Waals surface area contributed by atoms with E-state index in [9.17, 15) is 4.79 Å². The van der Waals surface area contributed by atoms with Crippen LogP contribution in [-0.4, -0.2) is 46.3 Å². The second-order valence-corrected chi connectivity index (χ2v) is 6.77. The molecule has 1 fully saturated rings. The highest BCUT2D eigenvalue weighted by atomic mass is 35.5. The van der Waals surface area contributed by atoms with Crippen molar-refractivity contribution < 1.29 is 9.21 Å². The van der Waals surface area contributed by atoms with E-state index < -0.39 is 0 Å². The zero-order chi connectivity index (χ0) is 18.1. The van der Waals surface area contributed by atoms with Crippen LogP contribution in [0, 0.1) is 0 Å². The van der Waals surface area contributed by atoms with Crippen LogP contribution < -0.4 is 5.32 Å². The van der Waals surface area contributed by atoms with Crippen molar-refractivity contribution in [3.63, 3.8) is 0 Å². The van der Waals surface area contributed by atoms with Crippen LogP contribution in [0.2, 0.25) is 5.02 Å². The molecule has 1 amide bonds. The average molecular weight is 371 g/mol. The summed E-state index contributed by atoms with van der Waals surface area (Å²) in [5.74, 6) is 0.583. The van der Waals surface area contributed by atoms with E-state index in [1.54, 1.807) is 29.1 Å². The van der Waals surface area contributed by atoms with Crippen LogP contribution in [0.4, 0.5) is 0 Å². The fraction of sp³-hybridized carbons (Fsp3) is 0.263. The Labute approximate surface area is 156 Å². The predicted octanol–water partition coefficient (Wildman–Crippen LogP) is 3.22. The van der Waals surface area contributed by atoms with E-state index in [1.165, 1.54) is 0 Å². The second-order valence-electron chi connectivity index (χ2n) is 6.33. The molecule has 6 nitrogen and oxygen atoms in total. The first-order valence-electron chi connectivity index (χ1n) is 8.55. The maximum absolute atomic E-state index is 13.0. The molecule has 1 aliphatic heterocycles. The molecular formula is C19H19ClN4O2. The molecule has 0 spiro atoms. The molecule has 4 rings (SSSR count). The van der Waals surface area contributed by atoms with Crippen LogP contribution in [0.5, 0.6) is 0 Å². The Balaban J connectivity index is 1.76. The van der Waals surface area contributed by atoms with E-state index >= 15 is 0 Å². The summed E-state index contributed by atoms with van der Waals surface area (Å²) >= 11 is 6.00. The molecule has 1 N–H and O–H groups in total. The maximum atomic E-state index is 13.0. The van der Waals surface area contributed by atoms with E-state index in [-0.39, 0.29) is 11.9 Å². The third-order valence-corrected chi connectivity index (χ3v) is 4.79. The normalized spacial score (nSPS) is 17.5. The summed E-state index contributed by atoms with van der Waals surface area (Å²) in [6.07, 6.45) is 1.61. The zero-order valence-electron chi connectivity index (χ0n) is 14.4. The molecular weight excluding hydrogens is 352 g/mol. The van der Waals surface area contributed by atoms with Gasteiger partial charge in [-0.2, -0.15) is 5.10 Å². The molecule has 1 atom stereocenters. The summed E-state index contributed by atoms with van der Waals surface area (Å²) < 4.78 is 7.26. The number of amides is 1. The van der Waals surface area contributed by atoms with Crippen molar-refractivity contribution in [3.8, 4) is 17.1 Å². The SMILES string of the molecule is C[C@H]1CNCCN1C(=O)c1cc(-c2ccco2)n(-c2ccc(Cl)cc2)n1. The molecule has 0 aliphatic carbocycles. The van der Waals surface area contributed by atoms with E-state index in [4.69, 9.17) is 16.0 Å². The lowest BCUT2D eigenvalue weighted by atomic mass is 10.2. The van der Waals surface area contributed by atoms with E-state index in [2.05, 4.69) is 10.4 Å². The standard InChI is InChI=1S/C19H19ClN4O2/c1-13-12-21-8-9-23(13)19(25)16-11-17(18-3-2-10-26-18)24(22-16)15-6-4-14(20)5-7-15/h2-7,10-11,13,21H,8-9,12H2,1H3/t13-/m0/s1. The van der Waals surface area contributed by atoms with Crippen molar-refractivity contribution in [2.45, 2.75) is 13.0 Å². The van der Waals surface area contributed by atoms with Crippen molar-refractivity contribution in [3.05, 3.63) is 59.4 Å². The van der Waals surface area contributed by atoms with Crippen molar-refractivity contribution in [2.24, 2.45) is 0 Å². The summed E-state index contributed by atoms with van der Waals surface area (Å²) in [4.78, 5) is 14.9. The number of carbonyl (C=O) groups excluding carboxylic acids is 1. The molecule has 1 aromatic carbocycles. The van der Waals surface area contributed by atoms with Gasteiger partial charge in [-0.1, -0.05) is 11.6 Å². The largest absolute Gasteiger partial charge is 0.463 e. The summed E-state index contributed by atoms with van der Waals surface area (Å²) in [6, 6.07) is 12.9. The Bertz CT molecular complexity index is 902. The predicted molar refractivity (Wildman–Crippen MR) is 99.6 cm³/mol. The molecule has 1 aliphatic rings. The van der Waals surface area contributed by atoms with E-state index in [1.807, 2.05) is 36.1 Å². The monoisotopic (exact) mass is 370 g/mol. The number of nitrogens with one attached hydrogen (secondary N) is 1. The number of hydrogen-bond donors (Lipinski definition) is 1. The van der Waals surface area contributed by atoms with Gasteiger partial charge >= 0.3 is 0 Å². The fourth-order valence-electron chi connectivity index (χ4n) is 3.15. The minimum Gasteiger partial charge on any atom is -0.463 e. The van der Waals surface area contributed by atoms with Crippen LogP contribution in [0.15, 0.2) is 53.1 Å². The molecule has 1 saturated heterocycles. The number of piperazine rings is 1. The number of aromatic nitrogens is 2. The molecule has 7 heteroatoms. The molecule has 26 heavy (non-hydrogen) atoms. The van der Waals surface area contributed by atoms with Crippen molar-refractivity contribution in [1.82, 2.24) is 20.0 Å². The van der Waals surface area contributed by atoms with Crippen molar-refractivity contribution >= 4 is 17.5 Å². The fourth-order valence-corrected chi connectivity index (χ4v) is 3.28. The zero-order valence-corrected chi connectivity index (χ0v) is 15.1. The lowest BCUT2D eigenvalue weighted by Crippen LogP contribution is -2.52. The maximum Gasteiger partial charge on any atom is 0.274 e. The Hall–Kier alpha value is -2.57. The average Bonchev–Trinajstić information content (AvgIpc) is 3.32. The third-order valence-electron chi connectivity index (χ3n) is 4.54. The van der Waals surface area contributed by atoms with Gasteiger partial charge in [0.05, 0.1) is 12.0 Å². The van der Waals surface area contributed by atoms with Crippen molar-refractivity contribution in [2.75, 3.05) is 19.6 Å². The first kappa shape index (κ1) is 16.9. The molecule has 0 unspecified atom stereocenters. The van der Waals surface area contributed by atoms with Gasteiger partial charge in [0.15, 0.2) is 11.5 Å². The van der Waals surface area contributed by atoms with Crippen molar-refractivity contribution in [1.29, 1.82) is 0 Å². The van der Waals surface area contributed by atoms with Gasteiger partial charge in [-0.25, -0.2) is 4.68 Å². The van der Waals surface area contributed by atoms with Crippen LogP contribution >= 0.6 is 11.6 Å². The molecule has 0 radical (unpaired) electrons. The molecule has 2 aromatic heterocycles. The number of nitrogens with zero attached hydrogens (tertiary/aromatic N) is 3. The topological polar surface area (TPSA) is 63.3 Å². The molecule has 3 aromatic rings. The molecule has 134 valence electrons. The van der Waals surface area contributed by atoms with Crippen LogP contribution in [0.25, 0.3) is 17.1 Å². The Morgan fingerprint density at radius 2 is 2.12 bits per heavy atom. The Morgan fingerprint density at radius 1 is 1.31 bits per heavy atom. The number of carbonyl (C=O) groups is 1. The van der Waals surface area contributed by atoms with E-state index in [0.717, 1.165) is 24.5 Å². The molecule has 3 heterocycles. The second kappa shape index (κ2) is 6.97. The summed E-state index contributed by atoms with van der Waals surface area (Å²) in [7, 11) is 0. The van der Waals surface area contributed by atoms with Gasteiger partial charge < -0.3 is 14.6 Å². The third kappa shape index (κ3) is 3.13. The highest BCUT2D eigenvalue weighted by molar-refractivity contribution is 6.30. The number of benzene rings is 1. The number of halogens is 1. The minimum atomic E-state index is -0.0699. The number of rotatable bonds is 3.